The number of aliphatic hydroxyl groups is 1. The molecule has 1 rings (SSSR count). The van der Waals surface area contributed by atoms with E-state index in [1.807, 2.05) is 19.9 Å². The van der Waals surface area contributed by atoms with Crippen LogP contribution in [0.5, 0.6) is 0 Å². The quantitative estimate of drug-likeness (QED) is 0.827. The first-order valence-electron chi connectivity index (χ1n) is 6.62. The zero-order valence-electron chi connectivity index (χ0n) is 12.3. The van der Waals surface area contributed by atoms with Gasteiger partial charge in [-0.2, -0.15) is 0 Å². The Morgan fingerprint density at radius 3 is 2.80 bits per heavy atom. The maximum absolute atomic E-state index is 12.4. The zero-order valence-corrected chi connectivity index (χ0v) is 12.3. The van der Waals surface area contributed by atoms with Gasteiger partial charge in [0.05, 0.1) is 6.61 Å². The molecule has 0 aliphatic rings. The van der Waals surface area contributed by atoms with Gasteiger partial charge in [0, 0.05) is 31.3 Å². The van der Waals surface area contributed by atoms with E-state index < -0.39 is 0 Å². The molecule has 0 saturated heterocycles. The van der Waals surface area contributed by atoms with E-state index in [1.54, 1.807) is 24.1 Å². The van der Waals surface area contributed by atoms with Gasteiger partial charge in [-0.15, -0.1) is 0 Å². The van der Waals surface area contributed by atoms with Crippen LogP contribution in [0.15, 0.2) is 18.2 Å². The number of aliphatic hydroxyl groups excluding tert-OH is 1. The van der Waals surface area contributed by atoms with Crippen molar-refractivity contribution in [3.63, 3.8) is 0 Å². The van der Waals surface area contributed by atoms with E-state index in [0.29, 0.717) is 25.3 Å². The summed E-state index contributed by atoms with van der Waals surface area (Å²) in [5.41, 5.74) is 2.37. The lowest BCUT2D eigenvalue weighted by atomic mass is 10.0. The van der Waals surface area contributed by atoms with Crippen molar-refractivity contribution in [3.05, 3.63) is 34.9 Å². The highest BCUT2D eigenvalue weighted by Gasteiger charge is 2.14. The third-order valence-electron chi connectivity index (χ3n) is 3.02. The predicted octanol–water partition coefficient (Wildman–Crippen LogP) is 1.45. The Kier molecular flexibility index (Phi) is 6.78. The summed E-state index contributed by atoms with van der Waals surface area (Å²) < 4.78 is 5.01. The first-order valence-corrected chi connectivity index (χ1v) is 6.62. The van der Waals surface area contributed by atoms with Gasteiger partial charge in [0.1, 0.15) is 6.61 Å². The third kappa shape index (κ3) is 4.37. The number of amides is 1. The van der Waals surface area contributed by atoms with Crippen LogP contribution in [0, 0.1) is 18.8 Å². The lowest BCUT2D eigenvalue weighted by molar-refractivity contribution is 0.0706. The van der Waals surface area contributed by atoms with Gasteiger partial charge in [-0.1, -0.05) is 17.9 Å². The summed E-state index contributed by atoms with van der Waals surface area (Å²) in [6, 6.07) is 5.45. The van der Waals surface area contributed by atoms with Crippen LogP contribution < -0.4 is 0 Å². The monoisotopic (exact) mass is 275 g/mol. The molecular formula is C16H21NO3. The molecule has 0 unspecified atom stereocenters. The molecule has 0 fully saturated rings. The van der Waals surface area contributed by atoms with Crippen LogP contribution in [0.4, 0.5) is 0 Å². The number of ether oxygens (including phenoxy) is 1. The number of nitrogens with zero attached hydrogens (tertiary/aromatic N) is 1. The Morgan fingerprint density at radius 2 is 2.20 bits per heavy atom. The van der Waals surface area contributed by atoms with Crippen LogP contribution in [0.25, 0.3) is 0 Å². The third-order valence-corrected chi connectivity index (χ3v) is 3.02. The van der Waals surface area contributed by atoms with Gasteiger partial charge >= 0.3 is 0 Å². The summed E-state index contributed by atoms with van der Waals surface area (Å²) in [4.78, 5) is 14.1. The van der Waals surface area contributed by atoms with E-state index in [9.17, 15) is 4.79 Å². The van der Waals surface area contributed by atoms with Crippen LogP contribution in [0.2, 0.25) is 0 Å². The molecule has 0 spiro atoms. The van der Waals surface area contributed by atoms with Gasteiger partial charge in [-0.05, 0) is 31.5 Å². The second kappa shape index (κ2) is 8.36. The summed E-state index contributed by atoms with van der Waals surface area (Å²) >= 11 is 0. The van der Waals surface area contributed by atoms with E-state index in [2.05, 4.69) is 11.8 Å². The van der Waals surface area contributed by atoms with Gasteiger partial charge < -0.3 is 14.7 Å². The number of hydrogen-bond acceptors (Lipinski definition) is 3. The lowest BCUT2D eigenvalue weighted by Crippen LogP contribution is -2.33. The maximum atomic E-state index is 12.4. The van der Waals surface area contributed by atoms with Crippen molar-refractivity contribution in [1.82, 2.24) is 4.90 Å². The second-order valence-corrected chi connectivity index (χ2v) is 4.37. The van der Waals surface area contributed by atoms with Crippen molar-refractivity contribution >= 4 is 5.91 Å². The minimum atomic E-state index is -0.188. The van der Waals surface area contributed by atoms with Crippen LogP contribution in [-0.4, -0.2) is 49.3 Å². The summed E-state index contributed by atoms with van der Waals surface area (Å²) in [6.07, 6.45) is 0. The minimum absolute atomic E-state index is 0.0309. The predicted molar refractivity (Wildman–Crippen MR) is 78.6 cm³/mol. The summed E-state index contributed by atoms with van der Waals surface area (Å²) in [6.45, 7) is 5.40. The van der Waals surface area contributed by atoms with E-state index in [-0.39, 0.29) is 12.5 Å². The molecule has 20 heavy (non-hydrogen) atoms. The highest BCUT2D eigenvalue weighted by Crippen LogP contribution is 2.12. The van der Waals surface area contributed by atoms with Crippen molar-refractivity contribution in [2.75, 3.05) is 33.4 Å². The first kappa shape index (κ1) is 16.2. The molecule has 1 amide bonds. The maximum Gasteiger partial charge on any atom is 0.253 e. The van der Waals surface area contributed by atoms with Crippen molar-refractivity contribution in [2.24, 2.45) is 0 Å². The fourth-order valence-electron chi connectivity index (χ4n) is 1.81. The Bertz CT molecular complexity index is 514. The van der Waals surface area contributed by atoms with E-state index in [4.69, 9.17) is 9.84 Å². The number of benzene rings is 1. The molecule has 0 atom stereocenters. The molecule has 108 valence electrons. The highest BCUT2D eigenvalue weighted by molar-refractivity contribution is 5.94. The summed E-state index contributed by atoms with van der Waals surface area (Å²) in [5.74, 6) is 5.44. The Morgan fingerprint density at radius 1 is 1.45 bits per heavy atom. The first-order chi connectivity index (χ1) is 9.63. The van der Waals surface area contributed by atoms with Crippen molar-refractivity contribution < 1.29 is 14.6 Å². The Hall–Kier alpha value is -1.83. The molecule has 0 radical (unpaired) electrons. The van der Waals surface area contributed by atoms with Gasteiger partial charge in [-0.25, -0.2) is 0 Å². The van der Waals surface area contributed by atoms with Crippen LogP contribution in [0.3, 0.4) is 0 Å². The highest BCUT2D eigenvalue weighted by atomic mass is 16.5. The second-order valence-electron chi connectivity index (χ2n) is 4.37. The Labute approximate surface area is 120 Å². The molecule has 0 saturated carbocycles. The number of carbonyl (C=O) groups excluding carboxylic acids is 1. The fourth-order valence-corrected chi connectivity index (χ4v) is 1.81. The number of carbonyl (C=O) groups is 1. The average molecular weight is 275 g/mol. The van der Waals surface area contributed by atoms with Gasteiger partial charge in [0.15, 0.2) is 0 Å². The lowest BCUT2D eigenvalue weighted by Gasteiger charge is -2.20. The number of hydrogen-bond donors (Lipinski definition) is 1. The van der Waals surface area contributed by atoms with Crippen LogP contribution in [-0.2, 0) is 4.74 Å². The smallest absolute Gasteiger partial charge is 0.253 e. The van der Waals surface area contributed by atoms with E-state index >= 15 is 0 Å². The van der Waals surface area contributed by atoms with Crippen molar-refractivity contribution in [3.8, 4) is 11.8 Å². The molecule has 0 aliphatic carbocycles. The fraction of sp³-hybridized carbons (Fsp3) is 0.438. The Balaban J connectivity index is 2.97. The summed E-state index contributed by atoms with van der Waals surface area (Å²) in [5, 5.41) is 8.76. The van der Waals surface area contributed by atoms with Crippen LogP contribution in [0.1, 0.15) is 28.4 Å². The number of rotatable bonds is 5. The molecule has 1 N–H and O–H groups in total. The molecule has 4 heteroatoms. The molecule has 0 bridgehead atoms. The standard InChI is InChI=1S/C16H21NO3/c1-4-17(9-11-20-3)16(19)15-8-7-13(2)14(12-15)6-5-10-18/h7-8,12,18H,4,9-11H2,1-3H3. The molecule has 1 aromatic rings. The van der Waals surface area contributed by atoms with E-state index in [1.165, 1.54) is 0 Å². The van der Waals surface area contributed by atoms with Gasteiger partial charge in [0.2, 0.25) is 0 Å². The molecule has 0 aromatic heterocycles. The largest absolute Gasteiger partial charge is 0.384 e. The van der Waals surface area contributed by atoms with E-state index in [0.717, 1.165) is 11.1 Å². The van der Waals surface area contributed by atoms with Crippen LogP contribution >= 0.6 is 0 Å². The molecule has 0 aliphatic heterocycles. The zero-order chi connectivity index (χ0) is 15.0. The van der Waals surface area contributed by atoms with Crippen molar-refractivity contribution in [2.45, 2.75) is 13.8 Å². The normalized spacial score (nSPS) is 9.80. The molecule has 0 heterocycles. The topological polar surface area (TPSA) is 49.8 Å². The number of methoxy groups -OCH3 is 1. The SMILES string of the molecule is CCN(CCOC)C(=O)c1ccc(C)c(C#CCO)c1. The average Bonchev–Trinajstić information content (AvgIpc) is 2.47. The minimum Gasteiger partial charge on any atom is -0.384 e. The van der Waals surface area contributed by atoms with Gasteiger partial charge in [0.25, 0.3) is 5.91 Å². The molecular weight excluding hydrogens is 254 g/mol. The number of likely N-dealkylation sites (N-methyl/N-ethyl adjacent to an activating group) is 1. The molecule has 4 nitrogen and oxygen atoms in total. The summed E-state index contributed by atoms with van der Waals surface area (Å²) in [7, 11) is 1.62. The van der Waals surface area contributed by atoms with Crippen molar-refractivity contribution in [1.29, 1.82) is 0 Å². The van der Waals surface area contributed by atoms with Gasteiger partial charge in [-0.3, -0.25) is 4.79 Å². The number of aryl methyl sites for hydroxylation is 1. The molecule has 1 aromatic carbocycles.